The fourth-order valence-corrected chi connectivity index (χ4v) is 1.87. The topological polar surface area (TPSA) is 75.8 Å². The van der Waals surface area contributed by atoms with Gasteiger partial charge in [0.2, 0.25) is 0 Å². The number of nitrogen functional groups attached to an aromatic ring is 1. The van der Waals surface area contributed by atoms with Crippen LogP contribution in [0.3, 0.4) is 0 Å². The zero-order chi connectivity index (χ0) is 14.5. The van der Waals surface area contributed by atoms with E-state index in [2.05, 4.69) is 11.9 Å². The average molecular weight is 304 g/mol. The van der Waals surface area contributed by atoms with Crippen molar-refractivity contribution in [1.82, 2.24) is 4.98 Å². The van der Waals surface area contributed by atoms with Crippen molar-refractivity contribution in [3.63, 3.8) is 0 Å². The van der Waals surface area contributed by atoms with E-state index in [4.69, 9.17) is 24.7 Å². The highest BCUT2D eigenvalue weighted by Gasteiger charge is 1.99. The minimum absolute atomic E-state index is 0.465. The zero-order valence-corrected chi connectivity index (χ0v) is 12.8. The number of anilines is 1. The Kier molecular flexibility index (Phi) is 10.2. The summed E-state index contributed by atoms with van der Waals surface area (Å²) in [6, 6.07) is 0. The van der Waals surface area contributed by atoms with Gasteiger partial charge in [0.25, 0.3) is 5.19 Å². The highest BCUT2D eigenvalue weighted by molar-refractivity contribution is 7.17. The van der Waals surface area contributed by atoms with Crippen LogP contribution in [-0.2, 0) is 14.2 Å². The molecule has 1 aromatic heterocycles. The summed E-state index contributed by atoms with van der Waals surface area (Å²) >= 11 is 1.32. The molecule has 1 rings (SSSR count). The Balaban J connectivity index is 1.76. The number of nitrogens with two attached hydrogens (primary N) is 1. The number of nitrogens with zero attached hydrogens (tertiary/aromatic N) is 1. The molecule has 7 heteroatoms. The van der Waals surface area contributed by atoms with E-state index in [0.29, 0.717) is 49.8 Å². The first-order valence-electron chi connectivity index (χ1n) is 6.90. The van der Waals surface area contributed by atoms with Gasteiger partial charge in [0.1, 0.15) is 11.6 Å². The Bertz CT molecular complexity index is 336. The number of unbranched alkanes of at least 4 members (excludes halogenated alkanes) is 1. The molecule has 0 fully saturated rings. The Hall–Kier alpha value is -0.890. The van der Waals surface area contributed by atoms with Crippen LogP contribution in [0.15, 0.2) is 6.20 Å². The van der Waals surface area contributed by atoms with Crippen molar-refractivity contribution in [3.05, 3.63) is 6.20 Å². The number of hydrogen-bond donors (Lipinski definition) is 1. The van der Waals surface area contributed by atoms with Crippen molar-refractivity contribution in [2.75, 3.05) is 52.0 Å². The predicted molar refractivity (Wildman–Crippen MR) is 79.4 cm³/mol. The van der Waals surface area contributed by atoms with E-state index in [0.717, 1.165) is 19.4 Å². The summed E-state index contributed by atoms with van der Waals surface area (Å²) in [6.45, 7) is 6.32. The molecule has 2 N–H and O–H groups in total. The second kappa shape index (κ2) is 11.9. The number of thiazole rings is 1. The van der Waals surface area contributed by atoms with Crippen molar-refractivity contribution in [2.24, 2.45) is 0 Å². The van der Waals surface area contributed by atoms with Crippen LogP contribution in [-0.4, -0.2) is 51.2 Å². The fourth-order valence-electron chi connectivity index (χ4n) is 1.31. The molecule has 0 saturated carbocycles. The monoisotopic (exact) mass is 304 g/mol. The Morgan fingerprint density at radius 3 is 2.15 bits per heavy atom. The van der Waals surface area contributed by atoms with Gasteiger partial charge in [-0.05, 0) is 6.42 Å². The molecule has 0 saturated heterocycles. The van der Waals surface area contributed by atoms with E-state index in [9.17, 15) is 0 Å². The van der Waals surface area contributed by atoms with Crippen molar-refractivity contribution < 1.29 is 18.9 Å². The summed E-state index contributed by atoms with van der Waals surface area (Å²) in [4.78, 5) is 3.98. The van der Waals surface area contributed by atoms with E-state index in [1.165, 1.54) is 11.3 Å². The normalized spacial score (nSPS) is 10.8. The largest absolute Gasteiger partial charge is 0.468 e. The smallest absolute Gasteiger partial charge is 0.275 e. The van der Waals surface area contributed by atoms with Gasteiger partial charge in [-0.1, -0.05) is 24.7 Å². The molecule has 0 aromatic carbocycles. The van der Waals surface area contributed by atoms with Gasteiger partial charge in [-0.2, -0.15) is 0 Å². The summed E-state index contributed by atoms with van der Waals surface area (Å²) in [7, 11) is 0. The third kappa shape index (κ3) is 9.08. The number of hydrogen-bond acceptors (Lipinski definition) is 7. The molecule has 1 heterocycles. The van der Waals surface area contributed by atoms with E-state index in [1.54, 1.807) is 6.20 Å². The molecule has 0 atom stereocenters. The summed E-state index contributed by atoms with van der Waals surface area (Å²) in [6.07, 6.45) is 3.84. The molecule has 6 nitrogen and oxygen atoms in total. The van der Waals surface area contributed by atoms with Crippen LogP contribution < -0.4 is 10.5 Å². The van der Waals surface area contributed by atoms with Gasteiger partial charge in [0.05, 0.1) is 39.2 Å². The predicted octanol–water partition coefficient (Wildman–Crippen LogP) is 1.95. The summed E-state index contributed by atoms with van der Waals surface area (Å²) in [5, 5.41) is 1.22. The molecule has 20 heavy (non-hydrogen) atoms. The van der Waals surface area contributed by atoms with Gasteiger partial charge in [-0.3, -0.25) is 0 Å². The fraction of sp³-hybridized carbons (Fsp3) is 0.769. The van der Waals surface area contributed by atoms with Crippen molar-refractivity contribution >= 4 is 16.3 Å². The molecule has 0 spiro atoms. The number of ether oxygens (including phenoxy) is 4. The van der Waals surface area contributed by atoms with Crippen LogP contribution >= 0.6 is 11.3 Å². The van der Waals surface area contributed by atoms with E-state index >= 15 is 0 Å². The second-order valence-electron chi connectivity index (χ2n) is 4.07. The van der Waals surface area contributed by atoms with E-state index in [1.807, 2.05) is 0 Å². The Labute approximate surface area is 124 Å². The second-order valence-corrected chi connectivity index (χ2v) is 5.09. The number of rotatable bonds is 13. The van der Waals surface area contributed by atoms with Gasteiger partial charge >= 0.3 is 0 Å². The molecule has 0 aliphatic carbocycles. The minimum atomic E-state index is 0.465. The van der Waals surface area contributed by atoms with Crippen LogP contribution in [0.2, 0.25) is 0 Å². The van der Waals surface area contributed by atoms with Gasteiger partial charge < -0.3 is 24.7 Å². The number of aromatic nitrogens is 1. The maximum atomic E-state index is 5.53. The van der Waals surface area contributed by atoms with E-state index < -0.39 is 0 Å². The lowest BCUT2D eigenvalue weighted by Gasteiger charge is -2.06. The molecule has 116 valence electrons. The average Bonchev–Trinajstić information content (AvgIpc) is 2.86. The van der Waals surface area contributed by atoms with Gasteiger partial charge in [-0.25, -0.2) is 4.98 Å². The summed E-state index contributed by atoms with van der Waals surface area (Å²) < 4.78 is 21.4. The SMILES string of the molecule is CCCCOCCOCCOCCOc1ncc(N)s1. The maximum Gasteiger partial charge on any atom is 0.275 e. The summed E-state index contributed by atoms with van der Waals surface area (Å²) in [5.74, 6) is 0. The molecule has 0 unspecified atom stereocenters. The molecular weight excluding hydrogens is 280 g/mol. The Morgan fingerprint density at radius 1 is 1.00 bits per heavy atom. The first-order valence-corrected chi connectivity index (χ1v) is 7.72. The van der Waals surface area contributed by atoms with Crippen LogP contribution in [0.5, 0.6) is 5.19 Å². The minimum Gasteiger partial charge on any atom is -0.468 e. The standard InChI is InChI=1S/C13H24N2O4S/c1-2-3-4-16-5-6-17-7-8-18-9-10-19-13-15-11-12(14)20-13/h11H,2-10,14H2,1H3. The molecule has 0 aliphatic rings. The molecule has 0 aliphatic heterocycles. The van der Waals surface area contributed by atoms with Crippen molar-refractivity contribution in [3.8, 4) is 5.19 Å². The van der Waals surface area contributed by atoms with Crippen LogP contribution in [0.4, 0.5) is 5.00 Å². The van der Waals surface area contributed by atoms with E-state index in [-0.39, 0.29) is 0 Å². The van der Waals surface area contributed by atoms with Crippen LogP contribution in [0, 0.1) is 0 Å². The molecule has 1 aromatic rings. The molecule has 0 bridgehead atoms. The third-order valence-corrected chi connectivity index (χ3v) is 3.08. The lowest BCUT2D eigenvalue weighted by Crippen LogP contribution is -2.12. The lowest BCUT2D eigenvalue weighted by molar-refractivity contribution is 0.00894. The molecule has 0 radical (unpaired) electrons. The third-order valence-electron chi connectivity index (χ3n) is 2.34. The summed E-state index contributed by atoms with van der Waals surface area (Å²) in [5.41, 5.74) is 5.53. The lowest BCUT2D eigenvalue weighted by atomic mass is 10.4. The van der Waals surface area contributed by atoms with Crippen LogP contribution in [0.1, 0.15) is 19.8 Å². The zero-order valence-electron chi connectivity index (χ0n) is 12.0. The first kappa shape index (κ1) is 17.2. The van der Waals surface area contributed by atoms with Gasteiger partial charge in [0, 0.05) is 6.61 Å². The highest BCUT2D eigenvalue weighted by atomic mass is 32.1. The van der Waals surface area contributed by atoms with Crippen molar-refractivity contribution in [1.29, 1.82) is 0 Å². The highest BCUT2D eigenvalue weighted by Crippen LogP contribution is 2.21. The molecule has 0 amide bonds. The van der Waals surface area contributed by atoms with Gasteiger partial charge in [0.15, 0.2) is 0 Å². The quantitative estimate of drug-likeness (QED) is 0.561. The van der Waals surface area contributed by atoms with Crippen LogP contribution in [0.25, 0.3) is 0 Å². The van der Waals surface area contributed by atoms with Crippen molar-refractivity contribution in [2.45, 2.75) is 19.8 Å². The maximum absolute atomic E-state index is 5.53. The Morgan fingerprint density at radius 2 is 1.60 bits per heavy atom. The molecular formula is C13H24N2O4S. The first-order chi connectivity index (χ1) is 9.83. The van der Waals surface area contributed by atoms with Gasteiger partial charge in [-0.15, -0.1) is 0 Å².